The molecule has 1 heterocycles. The van der Waals surface area contributed by atoms with Crippen LogP contribution in [0.5, 0.6) is 5.75 Å². The molecule has 1 aromatic carbocycles. The number of benzene rings is 1. The van der Waals surface area contributed by atoms with Gasteiger partial charge in [0.2, 0.25) is 0 Å². The molecule has 2 rings (SSSR count). The van der Waals surface area contributed by atoms with Gasteiger partial charge in [-0.25, -0.2) is 0 Å². The zero-order valence-corrected chi connectivity index (χ0v) is 11.0. The number of thiophene rings is 1. The number of carboxylic acids is 1. The van der Waals surface area contributed by atoms with Gasteiger partial charge in [0.05, 0.1) is 17.9 Å². The van der Waals surface area contributed by atoms with Crippen LogP contribution in [0.15, 0.2) is 36.4 Å². The van der Waals surface area contributed by atoms with Gasteiger partial charge in [0.25, 0.3) is 0 Å². The smallest absolute Gasteiger partial charge is 0.311 e. The second-order valence-corrected chi connectivity index (χ2v) is 5.06. The van der Waals surface area contributed by atoms with E-state index in [1.807, 2.05) is 36.4 Å². The third kappa shape index (κ3) is 2.38. The third-order valence-electron chi connectivity index (χ3n) is 2.77. The number of rotatable bonds is 4. The summed E-state index contributed by atoms with van der Waals surface area (Å²) in [7, 11) is 1.60. The number of carboxylic acid groups (broad SMARTS) is 1. The Hall–Kier alpha value is -1.81. The number of hydrogen-bond acceptors (Lipinski definition) is 3. The summed E-state index contributed by atoms with van der Waals surface area (Å²) < 4.78 is 5.33. The summed E-state index contributed by atoms with van der Waals surface area (Å²) in [5.41, 5.74) is 1.04. The Bertz CT molecular complexity index is 545. The van der Waals surface area contributed by atoms with E-state index in [-0.39, 0.29) is 0 Å². The number of hydrogen-bond donors (Lipinski definition) is 1. The van der Waals surface area contributed by atoms with Crippen molar-refractivity contribution >= 4 is 17.3 Å². The van der Waals surface area contributed by atoms with Gasteiger partial charge in [-0.2, -0.15) is 0 Å². The van der Waals surface area contributed by atoms with Gasteiger partial charge >= 0.3 is 5.97 Å². The van der Waals surface area contributed by atoms with Crippen molar-refractivity contribution in [2.45, 2.75) is 12.8 Å². The molecule has 1 atom stereocenters. The summed E-state index contributed by atoms with van der Waals surface area (Å²) in [6.07, 6.45) is 0. The molecule has 94 valence electrons. The molecule has 0 fully saturated rings. The predicted molar refractivity (Wildman–Crippen MR) is 72.4 cm³/mol. The fourth-order valence-corrected chi connectivity index (χ4v) is 2.85. The van der Waals surface area contributed by atoms with Gasteiger partial charge in [-0.05, 0) is 18.6 Å². The molecule has 18 heavy (non-hydrogen) atoms. The third-order valence-corrected chi connectivity index (χ3v) is 4.12. The second-order valence-electron chi connectivity index (χ2n) is 3.97. The van der Waals surface area contributed by atoms with Crippen molar-refractivity contribution in [1.29, 1.82) is 0 Å². The van der Waals surface area contributed by atoms with Gasteiger partial charge in [0.1, 0.15) is 5.75 Å². The molecule has 0 saturated heterocycles. The van der Waals surface area contributed by atoms with E-state index in [2.05, 4.69) is 0 Å². The fourth-order valence-electron chi connectivity index (χ4n) is 1.67. The number of ether oxygens (including phenoxy) is 1. The molecule has 1 N–H and O–H groups in total. The van der Waals surface area contributed by atoms with Crippen LogP contribution in [0.1, 0.15) is 17.7 Å². The van der Waals surface area contributed by atoms with Crippen LogP contribution in [0.4, 0.5) is 0 Å². The zero-order chi connectivity index (χ0) is 13.1. The lowest BCUT2D eigenvalue weighted by atomic mass is 10.1. The lowest BCUT2D eigenvalue weighted by Crippen LogP contribution is -2.05. The average molecular weight is 262 g/mol. The monoisotopic (exact) mass is 262 g/mol. The van der Waals surface area contributed by atoms with Crippen LogP contribution >= 0.6 is 11.3 Å². The van der Waals surface area contributed by atoms with E-state index >= 15 is 0 Å². The van der Waals surface area contributed by atoms with Gasteiger partial charge in [-0.3, -0.25) is 4.79 Å². The molecule has 0 spiro atoms. The molecule has 1 unspecified atom stereocenters. The maximum absolute atomic E-state index is 11.0. The van der Waals surface area contributed by atoms with Gasteiger partial charge in [-0.15, -0.1) is 11.3 Å². The molecule has 1 aromatic heterocycles. The quantitative estimate of drug-likeness (QED) is 0.915. The lowest BCUT2D eigenvalue weighted by Gasteiger charge is -2.01. The van der Waals surface area contributed by atoms with Crippen molar-refractivity contribution in [1.82, 2.24) is 0 Å². The minimum absolute atomic E-state index is 0.513. The van der Waals surface area contributed by atoms with Crippen molar-refractivity contribution in [2.24, 2.45) is 0 Å². The standard InChI is InChI=1S/C14H14O3S/c1-9(14(15)16)12-8-11(17-2)13(18-12)10-6-4-3-5-7-10/h3-9H,1-2H3,(H,15,16). The van der Waals surface area contributed by atoms with Crippen molar-refractivity contribution in [3.05, 3.63) is 41.3 Å². The largest absolute Gasteiger partial charge is 0.495 e. The topological polar surface area (TPSA) is 46.5 Å². The van der Waals surface area contributed by atoms with Crippen molar-refractivity contribution in [2.75, 3.05) is 7.11 Å². The molecule has 0 saturated carbocycles. The number of methoxy groups -OCH3 is 1. The van der Waals surface area contributed by atoms with Gasteiger partial charge in [0, 0.05) is 4.88 Å². The molecule has 0 bridgehead atoms. The first-order valence-electron chi connectivity index (χ1n) is 5.59. The molecule has 0 aliphatic heterocycles. The van der Waals surface area contributed by atoms with Crippen LogP contribution in [-0.4, -0.2) is 18.2 Å². The normalized spacial score (nSPS) is 12.1. The van der Waals surface area contributed by atoms with Gasteiger partial charge < -0.3 is 9.84 Å². The fraction of sp³-hybridized carbons (Fsp3) is 0.214. The molecule has 3 nitrogen and oxygen atoms in total. The Morgan fingerprint density at radius 2 is 2.00 bits per heavy atom. The summed E-state index contributed by atoms with van der Waals surface area (Å²) in [5, 5.41) is 9.04. The highest BCUT2D eigenvalue weighted by molar-refractivity contribution is 7.16. The Kier molecular flexibility index (Phi) is 3.67. The van der Waals surface area contributed by atoms with Crippen LogP contribution in [0.3, 0.4) is 0 Å². The second kappa shape index (κ2) is 5.23. The first-order valence-corrected chi connectivity index (χ1v) is 6.41. The molecule has 0 aliphatic carbocycles. The maximum atomic E-state index is 11.0. The highest BCUT2D eigenvalue weighted by Gasteiger charge is 2.20. The molecule has 2 aromatic rings. The highest BCUT2D eigenvalue weighted by atomic mass is 32.1. The first kappa shape index (κ1) is 12.6. The van der Waals surface area contributed by atoms with E-state index in [0.29, 0.717) is 0 Å². The summed E-state index contributed by atoms with van der Waals surface area (Å²) in [6.45, 7) is 1.68. The number of carbonyl (C=O) groups is 1. The van der Waals surface area contributed by atoms with Crippen LogP contribution in [0.25, 0.3) is 10.4 Å². The number of aliphatic carboxylic acids is 1. The van der Waals surface area contributed by atoms with E-state index in [1.54, 1.807) is 14.0 Å². The van der Waals surface area contributed by atoms with Crippen molar-refractivity contribution in [3.8, 4) is 16.2 Å². The van der Waals surface area contributed by atoms with Crippen LogP contribution < -0.4 is 4.74 Å². The van der Waals surface area contributed by atoms with E-state index < -0.39 is 11.9 Å². The molecular formula is C14H14O3S. The minimum Gasteiger partial charge on any atom is -0.495 e. The SMILES string of the molecule is COc1cc(C(C)C(=O)O)sc1-c1ccccc1. The van der Waals surface area contributed by atoms with E-state index in [4.69, 9.17) is 9.84 Å². The highest BCUT2D eigenvalue weighted by Crippen LogP contribution is 2.40. The van der Waals surface area contributed by atoms with E-state index in [1.165, 1.54) is 11.3 Å². The zero-order valence-electron chi connectivity index (χ0n) is 10.2. The van der Waals surface area contributed by atoms with Gasteiger partial charge in [-0.1, -0.05) is 30.3 Å². The average Bonchev–Trinajstić information content (AvgIpc) is 2.82. The molecule has 0 amide bonds. The summed E-state index contributed by atoms with van der Waals surface area (Å²) in [4.78, 5) is 12.8. The molecule has 0 radical (unpaired) electrons. The van der Waals surface area contributed by atoms with Gasteiger partial charge in [0.15, 0.2) is 0 Å². The molecule has 0 aliphatic rings. The maximum Gasteiger partial charge on any atom is 0.311 e. The predicted octanol–water partition coefficient (Wildman–Crippen LogP) is 3.61. The summed E-state index contributed by atoms with van der Waals surface area (Å²) in [5.74, 6) is -0.603. The molecular weight excluding hydrogens is 248 g/mol. The Morgan fingerprint density at radius 3 is 2.56 bits per heavy atom. The Morgan fingerprint density at radius 1 is 1.33 bits per heavy atom. The van der Waals surface area contributed by atoms with Crippen molar-refractivity contribution in [3.63, 3.8) is 0 Å². The van der Waals surface area contributed by atoms with Crippen LogP contribution in [-0.2, 0) is 4.79 Å². The van der Waals surface area contributed by atoms with Crippen LogP contribution in [0.2, 0.25) is 0 Å². The minimum atomic E-state index is -0.821. The first-order chi connectivity index (χ1) is 8.63. The molecule has 4 heteroatoms. The Labute approximate surface area is 110 Å². The summed E-state index contributed by atoms with van der Waals surface area (Å²) >= 11 is 1.47. The van der Waals surface area contributed by atoms with Crippen LogP contribution in [0, 0.1) is 0 Å². The van der Waals surface area contributed by atoms with E-state index in [0.717, 1.165) is 21.1 Å². The summed E-state index contributed by atoms with van der Waals surface area (Å²) in [6, 6.07) is 11.6. The Balaban J connectivity index is 2.45. The lowest BCUT2D eigenvalue weighted by molar-refractivity contribution is -0.138. The van der Waals surface area contributed by atoms with Crippen molar-refractivity contribution < 1.29 is 14.6 Å². The van der Waals surface area contributed by atoms with E-state index in [9.17, 15) is 4.79 Å².